The monoisotopic (exact) mass is 331 g/mol. The highest BCUT2D eigenvalue weighted by Crippen LogP contribution is 2.21. The van der Waals surface area contributed by atoms with Crippen LogP contribution in [0.3, 0.4) is 0 Å². The first kappa shape index (κ1) is 12.2. The summed E-state index contributed by atoms with van der Waals surface area (Å²) in [5, 5.41) is 3.39. The first-order valence-electron chi connectivity index (χ1n) is 5.94. The summed E-state index contributed by atoms with van der Waals surface area (Å²) in [6, 6.07) is 8.20. The summed E-state index contributed by atoms with van der Waals surface area (Å²) in [6.45, 7) is 3.20. The summed E-state index contributed by atoms with van der Waals surface area (Å²) in [5.74, 6) is 1.87. The molecule has 1 saturated heterocycles. The molecule has 0 atom stereocenters. The third-order valence-corrected chi connectivity index (χ3v) is 3.97. The highest BCUT2D eigenvalue weighted by atomic mass is 127. The zero-order valence-corrected chi connectivity index (χ0v) is 11.6. The lowest BCUT2D eigenvalue weighted by Gasteiger charge is -2.22. The molecule has 2 nitrogen and oxygen atoms in total. The summed E-state index contributed by atoms with van der Waals surface area (Å²) in [4.78, 5) is 0. The van der Waals surface area contributed by atoms with Crippen molar-refractivity contribution in [3.63, 3.8) is 0 Å². The number of rotatable bonds is 4. The molecule has 88 valence electrons. The Hall–Kier alpha value is -0.290. The predicted octanol–water partition coefficient (Wildman–Crippen LogP) is 3.06. The molecule has 3 heteroatoms. The maximum absolute atomic E-state index is 5.81. The van der Waals surface area contributed by atoms with Crippen molar-refractivity contribution >= 4 is 22.6 Å². The van der Waals surface area contributed by atoms with Crippen LogP contribution in [0.4, 0.5) is 0 Å². The van der Waals surface area contributed by atoms with E-state index in [2.05, 4.69) is 34.0 Å². The van der Waals surface area contributed by atoms with E-state index in [1.807, 2.05) is 18.2 Å². The Morgan fingerprint density at radius 3 is 2.75 bits per heavy atom. The minimum atomic E-state index is 0.850. The molecule has 16 heavy (non-hydrogen) atoms. The fraction of sp³-hybridized carbons (Fsp3) is 0.538. The van der Waals surface area contributed by atoms with Crippen molar-refractivity contribution in [1.29, 1.82) is 0 Å². The van der Waals surface area contributed by atoms with Crippen LogP contribution in [0, 0.1) is 9.49 Å². The summed E-state index contributed by atoms with van der Waals surface area (Å²) in [5.41, 5.74) is 0. The first-order valence-corrected chi connectivity index (χ1v) is 7.02. The lowest BCUT2D eigenvalue weighted by atomic mass is 9.95. The first-order chi connectivity index (χ1) is 7.86. The number of benzene rings is 1. The van der Waals surface area contributed by atoms with Gasteiger partial charge in [0.25, 0.3) is 0 Å². The van der Waals surface area contributed by atoms with Crippen LogP contribution in [0.1, 0.15) is 19.3 Å². The Balaban J connectivity index is 1.73. The molecule has 0 unspecified atom stereocenters. The predicted molar refractivity (Wildman–Crippen MR) is 74.9 cm³/mol. The zero-order chi connectivity index (χ0) is 11.2. The van der Waals surface area contributed by atoms with Crippen LogP contribution in [-0.4, -0.2) is 19.7 Å². The van der Waals surface area contributed by atoms with Gasteiger partial charge >= 0.3 is 0 Å². The van der Waals surface area contributed by atoms with Crippen molar-refractivity contribution in [2.24, 2.45) is 5.92 Å². The molecule has 0 saturated carbocycles. The van der Waals surface area contributed by atoms with Crippen LogP contribution in [0.15, 0.2) is 24.3 Å². The molecule has 0 aliphatic carbocycles. The Bertz CT molecular complexity index is 323. The van der Waals surface area contributed by atoms with E-state index in [-0.39, 0.29) is 0 Å². The van der Waals surface area contributed by atoms with Crippen LogP contribution in [0.5, 0.6) is 5.75 Å². The Kier molecular flexibility index (Phi) is 4.91. The van der Waals surface area contributed by atoms with Gasteiger partial charge in [-0.25, -0.2) is 0 Å². The van der Waals surface area contributed by atoms with Crippen LogP contribution in [0.2, 0.25) is 0 Å². The van der Waals surface area contributed by atoms with Gasteiger partial charge in [-0.15, -0.1) is 0 Å². The number of hydrogen-bond acceptors (Lipinski definition) is 2. The maximum Gasteiger partial charge on any atom is 0.132 e. The number of halogens is 1. The summed E-state index contributed by atoms with van der Waals surface area (Å²) in [6.07, 6.45) is 3.79. The number of para-hydroxylation sites is 1. The third-order valence-electron chi connectivity index (χ3n) is 3.08. The van der Waals surface area contributed by atoms with Gasteiger partial charge in [-0.1, -0.05) is 12.1 Å². The van der Waals surface area contributed by atoms with E-state index in [1.54, 1.807) is 0 Å². The van der Waals surface area contributed by atoms with Gasteiger partial charge in [0.2, 0.25) is 0 Å². The van der Waals surface area contributed by atoms with Crippen LogP contribution in [0.25, 0.3) is 0 Å². The van der Waals surface area contributed by atoms with Gasteiger partial charge < -0.3 is 10.1 Å². The second-order valence-electron chi connectivity index (χ2n) is 4.26. The van der Waals surface area contributed by atoms with Gasteiger partial charge in [0.15, 0.2) is 0 Å². The van der Waals surface area contributed by atoms with Gasteiger partial charge in [0.05, 0.1) is 10.2 Å². The molecule has 1 fully saturated rings. The number of piperidine rings is 1. The largest absolute Gasteiger partial charge is 0.492 e. The van der Waals surface area contributed by atoms with E-state index < -0.39 is 0 Å². The van der Waals surface area contributed by atoms with E-state index >= 15 is 0 Å². The Labute approximate surface area is 111 Å². The lowest BCUT2D eigenvalue weighted by Crippen LogP contribution is -2.28. The lowest BCUT2D eigenvalue weighted by molar-refractivity contribution is 0.250. The molecule has 1 N–H and O–H groups in total. The van der Waals surface area contributed by atoms with Gasteiger partial charge in [0.1, 0.15) is 5.75 Å². The molecule has 2 rings (SSSR count). The highest BCUT2D eigenvalue weighted by Gasteiger charge is 2.12. The van der Waals surface area contributed by atoms with E-state index in [0.717, 1.165) is 18.3 Å². The minimum Gasteiger partial charge on any atom is -0.492 e. The number of hydrogen-bond donors (Lipinski definition) is 1. The SMILES string of the molecule is Ic1ccccc1OCCC1CCNCC1. The average Bonchev–Trinajstić information content (AvgIpc) is 2.33. The topological polar surface area (TPSA) is 21.3 Å². The second kappa shape index (κ2) is 6.45. The normalized spacial score (nSPS) is 17.3. The summed E-state index contributed by atoms with van der Waals surface area (Å²) >= 11 is 2.32. The highest BCUT2D eigenvalue weighted by molar-refractivity contribution is 14.1. The second-order valence-corrected chi connectivity index (χ2v) is 5.42. The third kappa shape index (κ3) is 3.63. The molecule has 1 aromatic carbocycles. The van der Waals surface area contributed by atoms with Crippen molar-refractivity contribution in [2.75, 3.05) is 19.7 Å². The number of nitrogens with one attached hydrogen (secondary N) is 1. The van der Waals surface area contributed by atoms with Gasteiger partial charge in [-0.05, 0) is 73.0 Å². The molecule has 0 bridgehead atoms. The molecule has 0 spiro atoms. The number of ether oxygens (including phenoxy) is 1. The molecule has 1 heterocycles. The molecule has 0 aromatic heterocycles. The smallest absolute Gasteiger partial charge is 0.132 e. The molecule has 1 aliphatic rings. The minimum absolute atomic E-state index is 0.850. The Morgan fingerprint density at radius 1 is 1.25 bits per heavy atom. The Morgan fingerprint density at radius 2 is 2.00 bits per heavy atom. The van der Waals surface area contributed by atoms with E-state index in [1.165, 1.54) is 35.9 Å². The van der Waals surface area contributed by atoms with Gasteiger partial charge in [0, 0.05) is 0 Å². The fourth-order valence-corrected chi connectivity index (χ4v) is 2.61. The van der Waals surface area contributed by atoms with Gasteiger partial charge in [-0.2, -0.15) is 0 Å². The van der Waals surface area contributed by atoms with E-state index in [4.69, 9.17) is 4.74 Å². The van der Waals surface area contributed by atoms with Crippen LogP contribution >= 0.6 is 22.6 Å². The molecule has 0 radical (unpaired) electrons. The summed E-state index contributed by atoms with van der Waals surface area (Å²) < 4.78 is 7.01. The van der Waals surface area contributed by atoms with Crippen molar-refractivity contribution in [1.82, 2.24) is 5.32 Å². The standard InChI is InChI=1S/C13H18INO/c14-12-3-1-2-4-13(12)16-10-7-11-5-8-15-9-6-11/h1-4,11,15H,5-10H2. The van der Waals surface area contributed by atoms with Crippen molar-refractivity contribution in [3.05, 3.63) is 27.8 Å². The van der Waals surface area contributed by atoms with Crippen molar-refractivity contribution in [2.45, 2.75) is 19.3 Å². The molecule has 1 aliphatic heterocycles. The van der Waals surface area contributed by atoms with Gasteiger partial charge in [-0.3, -0.25) is 0 Å². The molecular weight excluding hydrogens is 313 g/mol. The zero-order valence-electron chi connectivity index (χ0n) is 9.42. The molecule has 0 amide bonds. The summed E-state index contributed by atoms with van der Waals surface area (Å²) in [7, 11) is 0. The van der Waals surface area contributed by atoms with Crippen LogP contribution < -0.4 is 10.1 Å². The van der Waals surface area contributed by atoms with Crippen molar-refractivity contribution in [3.8, 4) is 5.75 Å². The quantitative estimate of drug-likeness (QED) is 0.857. The fourth-order valence-electron chi connectivity index (χ4n) is 2.07. The van der Waals surface area contributed by atoms with Crippen molar-refractivity contribution < 1.29 is 4.74 Å². The van der Waals surface area contributed by atoms with E-state index in [9.17, 15) is 0 Å². The molecular formula is C13H18INO. The average molecular weight is 331 g/mol. The van der Waals surface area contributed by atoms with Crippen LogP contribution in [-0.2, 0) is 0 Å². The molecule has 1 aromatic rings. The maximum atomic E-state index is 5.81. The van der Waals surface area contributed by atoms with E-state index in [0.29, 0.717) is 0 Å².